The van der Waals surface area contributed by atoms with Gasteiger partial charge in [0.1, 0.15) is 0 Å². The molecule has 1 rings (SSSR count). The molecule has 0 radical (unpaired) electrons. The van der Waals surface area contributed by atoms with Crippen molar-refractivity contribution in [2.24, 2.45) is 11.8 Å². The van der Waals surface area contributed by atoms with Gasteiger partial charge in [0.05, 0.1) is 12.1 Å². The largest absolute Gasteiger partial charge is 0.393 e. The summed E-state index contributed by atoms with van der Waals surface area (Å²) in [5, 5.41) is 12.9. The third-order valence-electron chi connectivity index (χ3n) is 3.83. The smallest absolute Gasteiger partial charge is 0.152 e. The summed E-state index contributed by atoms with van der Waals surface area (Å²) in [6.07, 6.45) is 4.73. The summed E-state index contributed by atoms with van der Waals surface area (Å²) in [6.45, 7) is 8.13. The fourth-order valence-corrected chi connectivity index (χ4v) is 2.78. The quantitative estimate of drug-likeness (QED) is 0.767. The van der Waals surface area contributed by atoms with E-state index in [-0.39, 0.29) is 18.1 Å². The zero-order chi connectivity index (χ0) is 13.7. The third kappa shape index (κ3) is 5.07. The standard InChI is InChI=1S/C15H29NO2/c1-10(2)15(18)14(16-11(3)4)9-12-5-7-13(17)8-6-12/h10-14,16-17H,5-9H2,1-4H3/t12?,13?,14-/m0/s1. The molecule has 0 amide bonds. The van der Waals surface area contributed by atoms with Crippen molar-refractivity contribution in [1.29, 1.82) is 0 Å². The zero-order valence-electron chi connectivity index (χ0n) is 12.3. The molecular weight excluding hydrogens is 226 g/mol. The predicted octanol–water partition coefficient (Wildman–Crippen LogP) is 2.52. The highest BCUT2D eigenvalue weighted by atomic mass is 16.3. The zero-order valence-corrected chi connectivity index (χ0v) is 12.3. The molecule has 2 N–H and O–H groups in total. The molecule has 0 bridgehead atoms. The molecule has 0 spiro atoms. The average Bonchev–Trinajstić information content (AvgIpc) is 2.29. The normalized spacial score (nSPS) is 26.6. The van der Waals surface area contributed by atoms with E-state index in [1.807, 2.05) is 13.8 Å². The summed E-state index contributed by atoms with van der Waals surface area (Å²) in [7, 11) is 0. The molecule has 1 saturated carbocycles. The van der Waals surface area contributed by atoms with Crippen LogP contribution in [-0.2, 0) is 4.79 Å². The minimum absolute atomic E-state index is 0.00903. The molecule has 1 aliphatic rings. The second-order valence-electron chi connectivity index (χ2n) is 6.34. The maximum absolute atomic E-state index is 12.2. The molecule has 1 aliphatic carbocycles. The molecule has 0 aromatic carbocycles. The minimum atomic E-state index is -0.112. The van der Waals surface area contributed by atoms with Crippen LogP contribution in [0.5, 0.6) is 0 Å². The van der Waals surface area contributed by atoms with Gasteiger partial charge in [-0.2, -0.15) is 0 Å². The van der Waals surface area contributed by atoms with E-state index in [0.717, 1.165) is 32.1 Å². The lowest BCUT2D eigenvalue weighted by Gasteiger charge is -2.30. The summed E-state index contributed by atoms with van der Waals surface area (Å²) in [4.78, 5) is 12.2. The number of ketones is 1. The summed E-state index contributed by atoms with van der Waals surface area (Å²) >= 11 is 0. The number of carbonyl (C=O) groups is 1. The van der Waals surface area contributed by atoms with Gasteiger partial charge in [-0.15, -0.1) is 0 Å². The number of Topliss-reactive ketones (excluding diaryl/α,β-unsaturated/α-hetero) is 1. The van der Waals surface area contributed by atoms with E-state index in [0.29, 0.717) is 17.7 Å². The third-order valence-corrected chi connectivity index (χ3v) is 3.83. The number of aliphatic hydroxyl groups excluding tert-OH is 1. The van der Waals surface area contributed by atoms with Crippen LogP contribution in [0.4, 0.5) is 0 Å². The molecule has 1 fully saturated rings. The van der Waals surface area contributed by atoms with Gasteiger partial charge in [-0.1, -0.05) is 27.7 Å². The van der Waals surface area contributed by atoms with Crippen molar-refractivity contribution in [2.75, 3.05) is 0 Å². The van der Waals surface area contributed by atoms with Crippen LogP contribution in [0.1, 0.15) is 59.8 Å². The average molecular weight is 255 g/mol. The predicted molar refractivity (Wildman–Crippen MR) is 74.5 cm³/mol. The second-order valence-corrected chi connectivity index (χ2v) is 6.34. The SMILES string of the molecule is CC(C)N[C@@H](CC1CCC(O)CC1)C(=O)C(C)C. The topological polar surface area (TPSA) is 49.3 Å². The molecule has 0 aromatic heterocycles. The van der Waals surface area contributed by atoms with Crippen LogP contribution in [0.15, 0.2) is 0 Å². The fraction of sp³-hybridized carbons (Fsp3) is 0.933. The summed E-state index contributed by atoms with van der Waals surface area (Å²) in [5.41, 5.74) is 0. The van der Waals surface area contributed by atoms with Crippen molar-refractivity contribution in [1.82, 2.24) is 5.32 Å². The molecule has 0 aliphatic heterocycles. The minimum Gasteiger partial charge on any atom is -0.393 e. The van der Waals surface area contributed by atoms with Crippen molar-refractivity contribution in [2.45, 2.75) is 78.0 Å². The first-order valence-corrected chi connectivity index (χ1v) is 7.38. The van der Waals surface area contributed by atoms with Gasteiger partial charge in [-0.3, -0.25) is 4.79 Å². The van der Waals surface area contributed by atoms with Crippen molar-refractivity contribution >= 4 is 5.78 Å². The van der Waals surface area contributed by atoms with Crippen LogP contribution < -0.4 is 5.32 Å². The summed E-state index contributed by atoms with van der Waals surface area (Å²) in [5.74, 6) is 1.01. The first-order valence-electron chi connectivity index (χ1n) is 7.38. The summed E-state index contributed by atoms with van der Waals surface area (Å²) < 4.78 is 0. The first kappa shape index (κ1) is 15.6. The van der Waals surface area contributed by atoms with Crippen LogP contribution in [0, 0.1) is 11.8 Å². The molecule has 3 heteroatoms. The van der Waals surface area contributed by atoms with E-state index in [2.05, 4.69) is 19.2 Å². The van der Waals surface area contributed by atoms with Gasteiger partial charge in [0.2, 0.25) is 0 Å². The van der Waals surface area contributed by atoms with Crippen LogP contribution in [0.3, 0.4) is 0 Å². The molecule has 1 atom stereocenters. The van der Waals surface area contributed by atoms with E-state index in [4.69, 9.17) is 0 Å². The van der Waals surface area contributed by atoms with Crippen LogP contribution >= 0.6 is 0 Å². The number of aliphatic hydroxyl groups is 1. The molecule has 3 nitrogen and oxygen atoms in total. The Morgan fingerprint density at radius 1 is 1.17 bits per heavy atom. The van der Waals surface area contributed by atoms with Gasteiger partial charge < -0.3 is 10.4 Å². The Labute approximate surface area is 111 Å². The number of hydrogen-bond acceptors (Lipinski definition) is 3. The van der Waals surface area contributed by atoms with E-state index in [1.165, 1.54) is 0 Å². The van der Waals surface area contributed by atoms with Gasteiger partial charge in [-0.05, 0) is 38.0 Å². The number of hydrogen-bond donors (Lipinski definition) is 2. The van der Waals surface area contributed by atoms with E-state index in [1.54, 1.807) is 0 Å². The Balaban J connectivity index is 2.52. The lowest BCUT2D eigenvalue weighted by molar-refractivity contribution is -0.124. The van der Waals surface area contributed by atoms with Gasteiger partial charge in [0, 0.05) is 12.0 Å². The van der Waals surface area contributed by atoms with Gasteiger partial charge in [0.15, 0.2) is 5.78 Å². The lowest BCUT2D eigenvalue weighted by Crippen LogP contribution is -2.44. The van der Waals surface area contributed by atoms with Gasteiger partial charge in [0.25, 0.3) is 0 Å². The van der Waals surface area contributed by atoms with Crippen molar-refractivity contribution in [3.63, 3.8) is 0 Å². The number of nitrogens with one attached hydrogen (secondary N) is 1. The van der Waals surface area contributed by atoms with E-state index < -0.39 is 0 Å². The molecule has 0 saturated heterocycles. The molecule has 0 aromatic rings. The first-order chi connectivity index (χ1) is 8.40. The maximum Gasteiger partial charge on any atom is 0.152 e. The van der Waals surface area contributed by atoms with Crippen LogP contribution in [0.2, 0.25) is 0 Å². The van der Waals surface area contributed by atoms with Crippen molar-refractivity contribution < 1.29 is 9.90 Å². The van der Waals surface area contributed by atoms with Crippen LogP contribution in [0.25, 0.3) is 0 Å². The molecule has 0 heterocycles. The van der Waals surface area contributed by atoms with Gasteiger partial charge >= 0.3 is 0 Å². The Morgan fingerprint density at radius 3 is 2.17 bits per heavy atom. The summed E-state index contributed by atoms with van der Waals surface area (Å²) in [6, 6.07) is 0.331. The number of rotatable bonds is 6. The Bertz CT molecular complexity index is 255. The molecule has 0 unspecified atom stereocenters. The monoisotopic (exact) mass is 255 g/mol. The highest BCUT2D eigenvalue weighted by Crippen LogP contribution is 2.28. The fourth-order valence-electron chi connectivity index (χ4n) is 2.78. The molecule has 106 valence electrons. The Kier molecular flexibility index (Phi) is 6.30. The lowest BCUT2D eigenvalue weighted by atomic mass is 9.81. The highest BCUT2D eigenvalue weighted by molar-refractivity contribution is 5.85. The highest BCUT2D eigenvalue weighted by Gasteiger charge is 2.27. The van der Waals surface area contributed by atoms with Gasteiger partial charge in [-0.25, -0.2) is 0 Å². The van der Waals surface area contributed by atoms with Crippen molar-refractivity contribution in [3.8, 4) is 0 Å². The Morgan fingerprint density at radius 2 is 1.72 bits per heavy atom. The maximum atomic E-state index is 12.2. The van der Waals surface area contributed by atoms with E-state index in [9.17, 15) is 9.90 Å². The van der Waals surface area contributed by atoms with Crippen LogP contribution in [-0.4, -0.2) is 29.1 Å². The van der Waals surface area contributed by atoms with E-state index >= 15 is 0 Å². The van der Waals surface area contributed by atoms with Crippen molar-refractivity contribution in [3.05, 3.63) is 0 Å². The molecular formula is C15H29NO2. The Hall–Kier alpha value is -0.410. The molecule has 18 heavy (non-hydrogen) atoms. The second kappa shape index (κ2) is 7.25. The number of carbonyl (C=O) groups excluding carboxylic acids is 1.